The molecule has 1 atom stereocenters. The summed E-state index contributed by atoms with van der Waals surface area (Å²) in [5, 5.41) is 5.56. The molecule has 1 saturated carbocycles. The van der Waals surface area contributed by atoms with Crippen molar-refractivity contribution in [1.82, 2.24) is 10.6 Å². The Bertz CT molecular complexity index is 315. The van der Waals surface area contributed by atoms with Crippen molar-refractivity contribution in [3.63, 3.8) is 0 Å². The third-order valence-electron chi connectivity index (χ3n) is 3.59. The summed E-state index contributed by atoms with van der Waals surface area (Å²) in [6.07, 6.45) is 4.33. The third kappa shape index (κ3) is 5.78. The van der Waals surface area contributed by atoms with Crippen LogP contribution in [-0.2, 0) is 9.59 Å². The summed E-state index contributed by atoms with van der Waals surface area (Å²) in [7, 11) is 0. The van der Waals surface area contributed by atoms with E-state index < -0.39 is 6.04 Å². The molecule has 2 amide bonds. The highest BCUT2D eigenvalue weighted by atomic mass is 35.5. The van der Waals surface area contributed by atoms with E-state index in [0.29, 0.717) is 0 Å². The van der Waals surface area contributed by atoms with Gasteiger partial charge in [0.1, 0.15) is 0 Å². The molecular weight excluding hydrogens is 266 g/mol. The van der Waals surface area contributed by atoms with Crippen LogP contribution in [0, 0.1) is 5.92 Å². The lowest BCUT2D eigenvalue weighted by Gasteiger charge is -2.25. The number of hydrogen-bond acceptors (Lipinski definition) is 3. The minimum Gasteiger partial charge on any atom is -0.349 e. The van der Waals surface area contributed by atoms with Crippen molar-refractivity contribution in [2.24, 2.45) is 11.7 Å². The summed E-state index contributed by atoms with van der Waals surface area (Å²) in [4.78, 5) is 23.3. The first kappa shape index (κ1) is 18.2. The second kappa shape index (κ2) is 7.70. The van der Waals surface area contributed by atoms with Gasteiger partial charge in [-0.1, -0.05) is 26.7 Å². The Morgan fingerprint density at radius 1 is 1.26 bits per heavy atom. The third-order valence-corrected chi connectivity index (χ3v) is 3.59. The minimum atomic E-state index is -0.556. The number of halogens is 1. The minimum absolute atomic E-state index is 0. The molecule has 0 bridgehead atoms. The number of amides is 2. The maximum atomic E-state index is 11.7. The van der Waals surface area contributed by atoms with Gasteiger partial charge in [0.15, 0.2) is 0 Å². The molecule has 1 rings (SSSR count). The van der Waals surface area contributed by atoms with E-state index in [1.165, 1.54) is 0 Å². The van der Waals surface area contributed by atoms with Gasteiger partial charge in [0.05, 0.1) is 12.6 Å². The highest BCUT2D eigenvalue weighted by Gasteiger charge is 2.30. The number of carbonyl (C=O) groups excluding carboxylic acids is 2. The summed E-state index contributed by atoms with van der Waals surface area (Å²) < 4.78 is 0. The monoisotopic (exact) mass is 291 g/mol. The lowest BCUT2D eigenvalue weighted by atomic mass is 10.0. The van der Waals surface area contributed by atoms with Crippen LogP contribution in [0.25, 0.3) is 0 Å². The molecule has 0 radical (unpaired) electrons. The summed E-state index contributed by atoms with van der Waals surface area (Å²) in [5.74, 6) is -0.333. The zero-order valence-corrected chi connectivity index (χ0v) is 12.8. The zero-order chi connectivity index (χ0) is 13.8. The first-order valence-electron chi connectivity index (χ1n) is 6.68. The van der Waals surface area contributed by atoms with Crippen LogP contribution in [-0.4, -0.2) is 29.9 Å². The number of hydrogen-bond donors (Lipinski definition) is 3. The van der Waals surface area contributed by atoms with Crippen molar-refractivity contribution in [2.75, 3.05) is 6.54 Å². The summed E-state index contributed by atoms with van der Waals surface area (Å²) in [5.41, 5.74) is 5.60. The SMILES string of the molecule is CC(C)[C@H](N)C(=O)NCC(=O)NC1(C)CCCC1.Cl. The van der Waals surface area contributed by atoms with Crippen molar-refractivity contribution in [3.8, 4) is 0 Å². The van der Waals surface area contributed by atoms with Gasteiger partial charge in [-0.3, -0.25) is 9.59 Å². The smallest absolute Gasteiger partial charge is 0.239 e. The van der Waals surface area contributed by atoms with Crippen LogP contribution in [0.3, 0.4) is 0 Å². The molecule has 1 aliphatic carbocycles. The Morgan fingerprint density at radius 2 is 1.79 bits per heavy atom. The average molecular weight is 292 g/mol. The van der Waals surface area contributed by atoms with Gasteiger partial charge in [0, 0.05) is 5.54 Å². The van der Waals surface area contributed by atoms with Crippen LogP contribution >= 0.6 is 12.4 Å². The van der Waals surface area contributed by atoms with Crippen LogP contribution in [0.2, 0.25) is 0 Å². The largest absolute Gasteiger partial charge is 0.349 e. The lowest BCUT2D eigenvalue weighted by molar-refractivity contribution is -0.128. The molecule has 0 aromatic carbocycles. The van der Waals surface area contributed by atoms with Gasteiger partial charge in [-0.05, 0) is 25.7 Å². The Labute approximate surface area is 121 Å². The predicted octanol–water partition coefficient (Wildman–Crippen LogP) is 0.957. The molecule has 0 aromatic heterocycles. The van der Waals surface area contributed by atoms with Crippen molar-refractivity contribution in [1.29, 1.82) is 0 Å². The van der Waals surface area contributed by atoms with Gasteiger partial charge in [-0.25, -0.2) is 0 Å². The summed E-state index contributed by atoms with van der Waals surface area (Å²) in [6.45, 7) is 5.82. The van der Waals surface area contributed by atoms with Crippen LogP contribution in [0.5, 0.6) is 0 Å². The Balaban J connectivity index is 0.00000324. The van der Waals surface area contributed by atoms with Gasteiger partial charge >= 0.3 is 0 Å². The first-order valence-corrected chi connectivity index (χ1v) is 6.68. The van der Waals surface area contributed by atoms with E-state index in [2.05, 4.69) is 17.6 Å². The highest BCUT2D eigenvalue weighted by Crippen LogP contribution is 2.28. The number of rotatable bonds is 5. The highest BCUT2D eigenvalue weighted by molar-refractivity contribution is 5.87. The van der Waals surface area contributed by atoms with Crippen LogP contribution < -0.4 is 16.4 Å². The van der Waals surface area contributed by atoms with Gasteiger partial charge in [-0.15, -0.1) is 12.4 Å². The molecule has 0 unspecified atom stereocenters. The molecule has 0 heterocycles. The molecule has 19 heavy (non-hydrogen) atoms. The summed E-state index contributed by atoms with van der Waals surface area (Å²) >= 11 is 0. The molecule has 1 fully saturated rings. The van der Waals surface area contributed by atoms with Gasteiger partial charge < -0.3 is 16.4 Å². The second-order valence-electron chi connectivity index (χ2n) is 5.80. The van der Waals surface area contributed by atoms with E-state index >= 15 is 0 Å². The van der Waals surface area contributed by atoms with E-state index in [1.54, 1.807) is 0 Å². The normalized spacial score (nSPS) is 18.6. The van der Waals surface area contributed by atoms with E-state index in [1.807, 2.05) is 13.8 Å². The van der Waals surface area contributed by atoms with E-state index in [9.17, 15) is 9.59 Å². The van der Waals surface area contributed by atoms with Crippen LogP contribution in [0.15, 0.2) is 0 Å². The van der Waals surface area contributed by atoms with Gasteiger partial charge in [0.25, 0.3) is 0 Å². The second-order valence-corrected chi connectivity index (χ2v) is 5.80. The standard InChI is InChI=1S/C13H25N3O2.ClH/c1-9(2)11(14)12(18)15-8-10(17)16-13(3)6-4-5-7-13;/h9,11H,4-8,14H2,1-3H3,(H,15,18)(H,16,17);1H/t11-;/m0./s1. The fourth-order valence-electron chi connectivity index (χ4n) is 2.25. The van der Waals surface area contributed by atoms with Crippen LogP contribution in [0.1, 0.15) is 46.5 Å². The Kier molecular flexibility index (Phi) is 7.37. The zero-order valence-electron chi connectivity index (χ0n) is 12.0. The van der Waals surface area contributed by atoms with E-state index in [0.717, 1.165) is 25.7 Å². The van der Waals surface area contributed by atoms with E-state index in [-0.39, 0.29) is 42.2 Å². The van der Waals surface area contributed by atoms with Gasteiger partial charge in [0.2, 0.25) is 11.8 Å². The Morgan fingerprint density at radius 3 is 2.26 bits per heavy atom. The molecule has 0 spiro atoms. The first-order chi connectivity index (χ1) is 8.34. The molecule has 0 saturated heterocycles. The summed E-state index contributed by atoms with van der Waals surface area (Å²) in [6, 6.07) is -0.556. The fourth-order valence-corrected chi connectivity index (χ4v) is 2.25. The molecular formula is C13H26ClN3O2. The van der Waals surface area contributed by atoms with Crippen LogP contribution in [0.4, 0.5) is 0 Å². The quantitative estimate of drug-likeness (QED) is 0.705. The molecule has 0 aromatic rings. The van der Waals surface area contributed by atoms with Gasteiger partial charge in [-0.2, -0.15) is 0 Å². The molecule has 0 aliphatic heterocycles. The maximum absolute atomic E-state index is 11.7. The van der Waals surface area contributed by atoms with E-state index in [4.69, 9.17) is 5.73 Å². The topological polar surface area (TPSA) is 84.2 Å². The molecule has 5 nitrogen and oxygen atoms in total. The fraction of sp³-hybridized carbons (Fsp3) is 0.846. The van der Waals surface area contributed by atoms with Crippen molar-refractivity contribution in [3.05, 3.63) is 0 Å². The Hall–Kier alpha value is -0.810. The average Bonchev–Trinajstić information content (AvgIpc) is 2.71. The van der Waals surface area contributed by atoms with Crippen molar-refractivity contribution < 1.29 is 9.59 Å². The number of nitrogens with two attached hydrogens (primary N) is 1. The lowest BCUT2D eigenvalue weighted by Crippen LogP contribution is -2.51. The maximum Gasteiger partial charge on any atom is 0.239 e. The predicted molar refractivity (Wildman–Crippen MR) is 78.1 cm³/mol. The van der Waals surface area contributed by atoms with Crippen molar-refractivity contribution in [2.45, 2.75) is 58.0 Å². The molecule has 6 heteroatoms. The van der Waals surface area contributed by atoms with Crippen molar-refractivity contribution >= 4 is 24.2 Å². The molecule has 4 N–H and O–H groups in total. The molecule has 112 valence electrons. The number of carbonyl (C=O) groups is 2. The number of nitrogens with one attached hydrogen (secondary N) is 2. The molecule has 1 aliphatic rings.